The normalized spacial score (nSPS) is 37.9. The zero-order valence-electron chi connectivity index (χ0n) is 13.3. The van der Waals surface area contributed by atoms with Gasteiger partial charge in [0.05, 0.1) is 12.2 Å². The van der Waals surface area contributed by atoms with E-state index in [9.17, 15) is 15.0 Å². The van der Waals surface area contributed by atoms with Crippen LogP contribution in [0, 0.1) is 23.7 Å². The van der Waals surface area contributed by atoms with E-state index in [2.05, 4.69) is 6.58 Å². The number of ketones is 1. The molecular formula is C19H28O3. The Morgan fingerprint density at radius 3 is 2.73 bits per heavy atom. The lowest BCUT2D eigenvalue weighted by atomic mass is 9.85. The molecule has 0 heterocycles. The van der Waals surface area contributed by atoms with E-state index in [0.717, 1.165) is 6.42 Å². The monoisotopic (exact) mass is 304 g/mol. The zero-order valence-corrected chi connectivity index (χ0v) is 13.3. The molecule has 3 fully saturated rings. The van der Waals surface area contributed by atoms with E-state index in [1.807, 2.05) is 12.2 Å². The number of hydrogen-bond donors (Lipinski definition) is 2. The molecule has 122 valence electrons. The van der Waals surface area contributed by atoms with Crippen molar-refractivity contribution >= 4 is 5.78 Å². The molecule has 0 radical (unpaired) electrons. The maximum atomic E-state index is 12.0. The molecule has 22 heavy (non-hydrogen) atoms. The third kappa shape index (κ3) is 3.21. The highest BCUT2D eigenvalue weighted by Gasteiger charge is 2.49. The Labute approximate surface area is 133 Å². The minimum atomic E-state index is -0.454. The Balaban J connectivity index is 1.57. The molecule has 0 aromatic heterocycles. The number of Topliss-reactive ketones (excluding diaryl/α,β-unsaturated/α-hetero) is 1. The maximum absolute atomic E-state index is 12.0. The van der Waals surface area contributed by atoms with E-state index in [1.165, 1.54) is 32.1 Å². The second-order valence-corrected chi connectivity index (χ2v) is 7.51. The predicted octanol–water partition coefficient (Wildman–Crippen LogP) is 3.02. The van der Waals surface area contributed by atoms with Crippen LogP contribution in [0.15, 0.2) is 24.3 Å². The van der Waals surface area contributed by atoms with Gasteiger partial charge in [-0.15, -0.1) is 0 Å². The van der Waals surface area contributed by atoms with E-state index < -0.39 is 12.2 Å². The van der Waals surface area contributed by atoms with Gasteiger partial charge in [0.1, 0.15) is 0 Å². The fourth-order valence-corrected chi connectivity index (χ4v) is 4.74. The van der Waals surface area contributed by atoms with Gasteiger partial charge in [-0.2, -0.15) is 0 Å². The maximum Gasteiger partial charge on any atom is 0.161 e. The molecule has 2 N–H and O–H groups in total. The fraction of sp³-hybridized carbons (Fsp3) is 0.737. The van der Waals surface area contributed by atoms with Gasteiger partial charge in [-0.05, 0) is 36.7 Å². The van der Waals surface area contributed by atoms with Crippen LogP contribution in [0.4, 0.5) is 0 Å². The van der Waals surface area contributed by atoms with Crippen molar-refractivity contribution in [1.82, 2.24) is 0 Å². The van der Waals surface area contributed by atoms with Crippen molar-refractivity contribution in [3.05, 3.63) is 24.3 Å². The Morgan fingerprint density at radius 1 is 1.27 bits per heavy atom. The first-order chi connectivity index (χ1) is 10.6. The lowest BCUT2D eigenvalue weighted by Gasteiger charge is -2.23. The summed E-state index contributed by atoms with van der Waals surface area (Å²) in [5.41, 5.74) is 0.711. The first-order valence-electron chi connectivity index (χ1n) is 8.82. The quantitative estimate of drug-likeness (QED) is 0.620. The van der Waals surface area contributed by atoms with Crippen molar-refractivity contribution in [3.8, 4) is 0 Å². The summed E-state index contributed by atoms with van der Waals surface area (Å²) in [6, 6.07) is 0. The summed E-state index contributed by atoms with van der Waals surface area (Å²) in [5, 5.41) is 20.5. The highest BCUT2D eigenvalue weighted by Crippen LogP contribution is 2.48. The number of hydrogen-bond acceptors (Lipinski definition) is 3. The van der Waals surface area contributed by atoms with Gasteiger partial charge in [-0.3, -0.25) is 4.79 Å². The number of aliphatic hydroxyl groups excluding tert-OH is 2. The second kappa shape index (κ2) is 6.67. The van der Waals surface area contributed by atoms with E-state index in [0.29, 0.717) is 24.3 Å². The summed E-state index contributed by atoms with van der Waals surface area (Å²) in [7, 11) is 0. The Bertz CT molecular complexity index is 461. The number of allylic oxidation sites excluding steroid dienone is 1. The molecule has 5 atom stereocenters. The van der Waals surface area contributed by atoms with Crippen LogP contribution in [-0.2, 0) is 4.79 Å². The molecule has 0 unspecified atom stereocenters. The van der Waals surface area contributed by atoms with Crippen LogP contribution in [0.5, 0.6) is 0 Å². The smallest absolute Gasteiger partial charge is 0.161 e. The van der Waals surface area contributed by atoms with Gasteiger partial charge in [0.25, 0.3) is 0 Å². The summed E-state index contributed by atoms with van der Waals surface area (Å²) < 4.78 is 0. The van der Waals surface area contributed by atoms with Crippen molar-refractivity contribution in [2.45, 2.75) is 63.6 Å². The van der Waals surface area contributed by atoms with Crippen LogP contribution >= 0.6 is 0 Å². The first kappa shape index (κ1) is 15.9. The lowest BCUT2D eigenvalue weighted by molar-refractivity contribution is -0.118. The number of rotatable bonds is 4. The molecule has 3 saturated carbocycles. The standard InChI is InChI=1S/C19H28O3/c1-12-9-16-15(18(21)11-17(16)19(12)22)8-7-14(20)10-13-5-3-2-4-6-13/h7-8,13-18,20-21H,1-6,9-11H2/t14-,15+,16+,17+,18-/m1/s1. The third-order valence-electron chi connectivity index (χ3n) is 5.97. The highest BCUT2D eigenvalue weighted by molar-refractivity contribution is 5.99. The van der Waals surface area contributed by atoms with Gasteiger partial charge in [-0.25, -0.2) is 0 Å². The average Bonchev–Trinajstić information content (AvgIpc) is 2.94. The summed E-state index contributed by atoms with van der Waals surface area (Å²) in [6.07, 6.45) is 11.4. The van der Waals surface area contributed by atoms with E-state index in [4.69, 9.17) is 0 Å². The van der Waals surface area contributed by atoms with Crippen molar-refractivity contribution in [2.24, 2.45) is 23.7 Å². The predicted molar refractivity (Wildman–Crippen MR) is 86.2 cm³/mol. The molecule has 3 nitrogen and oxygen atoms in total. The Morgan fingerprint density at radius 2 is 2.00 bits per heavy atom. The van der Waals surface area contributed by atoms with Gasteiger partial charge < -0.3 is 10.2 Å². The van der Waals surface area contributed by atoms with E-state index in [-0.39, 0.29) is 23.5 Å². The third-order valence-corrected chi connectivity index (χ3v) is 5.97. The highest BCUT2D eigenvalue weighted by atomic mass is 16.3. The molecule has 3 aliphatic rings. The van der Waals surface area contributed by atoms with Crippen LogP contribution in [0.2, 0.25) is 0 Å². The minimum absolute atomic E-state index is 0.00536. The van der Waals surface area contributed by atoms with Crippen molar-refractivity contribution < 1.29 is 15.0 Å². The number of aliphatic hydroxyl groups is 2. The van der Waals surface area contributed by atoms with Crippen molar-refractivity contribution in [3.63, 3.8) is 0 Å². The summed E-state index contributed by atoms with van der Waals surface area (Å²) >= 11 is 0. The van der Waals surface area contributed by atoms with Crippen LogP contribution in [0.1, 0.15) is 51.4 Å². The average molecular weight is 304 g/mol. The fourth-order valence-electron chi connectivity index (χ4n) is 4.74. The van der Waals surface area contributed by atoms with Gasteiger partial charge >= 0.3 is 0 Å². The molecule has 0 aliphatic heterocycles. The molecule has 0 spiro atoms. The minimum Gasteiger partial charge on any atom is -0.392 e. The van der Waals surface area contributed by atoms with Crippen molar-refractivity contribution in [1.29, 1.82) is 0 Å². The molecule has 3 rings (SSSR count). The van der Waals surface area contributed by atoms with Gasteiger partial charge in [0, 0.05) is 11.8 Å². The number of carbonyl (C=O) groups excluding carboxylic acids is 1. The topological polar surface area (TPSA) is 57.5 Å². The van der Waals surface area contributed by atoms with Crippen LogP contribution in [0.3, 0.4) is 0 Å². The Hall–Kier alpha value is -0.930. The zero-order chi connectivity index (χ0) is 15.7. The van der Waals surface area contributed by atoms with Gasteiger partial charge in [0.15, 0.2) is 5.78 Å². The summed E-state index contributed by atoms with van der Waals surface area (Å²) in [5.74, 6) is 0.917. The molecule has 3 heteroatoms. The summed E-state index contributed by atoms with van der Waals surface area (Å²) in [6.45, 7) is 3.85. The van der Waals surface area contributed by atoms with Crippen LogP contribution in [-0.4, -0.2) is 28.2 Å². The van der Waals surface area contributed by atoms with Crippen LogP contribution < -0.4 is 0 Å². The molecule has 0 amide bonds. The number of carbonyl (C=O) groups is 1. The largest absolute Gasteiger partial charge is 0.392 e. The van der Waals surface area contributed by atoms with Gasteiger partial charge in [0.2, 0.25) is 0 Å². The molecule has 0 aromatic carbocycles. The molecule has 3 aliphatic carbocycles. The van der Waals surface area contributed by atoms with Crippen LogP contribution in [0.25, 0.3) is 0 Å². The Kier molecular flexibility index (Phi) is 4.84. The lowest BCUT2D eigenvalue weighted by Crippen LogP contribution is -2.18. The molecule has 0 bridgehead atoms. The first-order valence-corrected chi connectivity index (χ1v) is 8.82. The molecular weight excluding hydrogens is 276 g/mol. The second-order valence-electron chi connectivity index (χ2n) is 7.51. The van der Waals surface area contributed by atoms with Crippen molar-refractivity contribution in [2.75, 3.05) is 0 Å². The van der Waals surface area contributed by atoms with E-state index >= 15 is 0 Å². The molecule has 0 aromatic rings. The SMILES string of the molecule is C=C1C[C@H]2[C@H](C=C[C@@H](O)CC3CCCCC3)[C@H](O)C[C@@H]2C1=O. The molecule has 0 saturated heterocycles. The number of fused-ring (bicyclic) bond motifs is 1. The van der Waals surface area contributed by atoms with Gasteiger partial charge in [-0.1, -0.05) is 50.8 Å². The van der Waals surface area contributed by atoms with E-state index in [1.54, 1.807) is 0 Å². The summed E-state index contributed by atoms with van der Waals surface area (Å²) in [4.78, 5) is 12.0.